The largest absolute Gasteiger partial charge is 0.481 e. The lowest BCUT2D eigenvalue weighted by atomic mass is 10.2. The molecule has 0 aliphatic rings. The number of carboxylic acid groups (broad SMARTS) is 1. The van der Waals surface area contributed by atoms with Crippen LogP contribution in [0.1, 0.15) is 20.3 Å². The molecule has 0 aliphatic heterocycles. The maximum absolute atomic E-state index is 11.0. The summed E-state index contributed by atoms with van der Waals surface area (Å²) in [6, 6.07) is 0. The highest BCUT2D eigenvalue weighted by Gasteiger charge is 2.16. The van der Waals surface area contributed by atoms with E-state index in [1.54, 1.807) is 0 Å². The molecule has 0 saturated carbocycles. The Hall–Kier alpha value is -1.10. The van der Waals surface area contributed by atoms with E-state index in [1.165, 1.54) is 7.11 Å². The first-order valence-corrected chi connectivity index (χ1v) is 4.01. The summed E-state index contributed by atoms with van der Waals surface area (Å²) in [5.41, 5.74) is 0. The Kier molecular flexibility index (Phi) is 5.06. The van der Waals surface area contributed by atoms with Gasteiger partial charge in [0.2, 0.25) is 5.91 Å². The Bertz CT molecular complexity index is 191. The van der Waals surface area contributed by atoms with Crippen molar-refractivity contribution < 1.29 is 19.4 Å². The number of aliphatic carboxylic acids is 1. The Morgan fingerprint density at radius 2 is 2.00 bits per heavy atom. The van der Waals surface area contributed by atoms with Crippen LogP contribution in [0.15, 0.2) is 0 Å². The third-order valence-electron chi connectivity index (χ3n) is 1.47. The lowest BCUT2D eigenvalue weighted by Crippen LogP contribution is -2.40. The Labute approximate surface area is 77.1 Å². The van der Waals surface area contributed by atoms with Gasteiger partial charge in [0, 0.05) is 7.11 Å². The molecular weight excluding hydrogens is 174 g/mol. The van der Waals surface area contributed by atoms with E-state index < -0.39 is 24.5 Å². The van der Waals surface area contributed by atoms with Crippen molar-refractivity contribution in [1.29, 1.82) is 0 Å². The number of hydrogen-bond acceptors (Lipinski definition) is 3. The van der Waals surface area contributed by atoms with E-state index in [9.17, 15) is 9.59 Å². The average Bonchev–Trinajstić information content (AvgIpc) is 1.98. The zero-order chi connectivity index (χ0) is 10.4. The van der Waals surface area contributed by atoms with Gasteiger partial charge in [-0.15, -0.1) is 0 Å². The number of rotatable bonds is 5. The Balaban J connectivity index is 3.94. The summed E-state index contributed by atoms with van der Waals surface area (Å²) in [6.07, 6.45) is -0.945. The maximum atomic E-state index is 11.0. The normalized spacial score (nSPS) is 12.6. The second-order valence-electron chi connectivity index (χ2n) is 3.04. The van der Waals surface area contributed by atoms with E-state index >= 15 is 0 Å². The predicted octanol–water partition coefficient (Wildman–Crippen LogP) is 0.206. The molecule has 5 nitrogen and oxygen atoms in total. The van der Waals surface area contributed by atoms with E-state index in [4.69, 9.17) is 9.84 Å². The third-order valence-corrected chi connectivity index (χ3v) is 1.47. The van der Waals surface area contributed by atoms with Crippen molar-refractivity contribution in [3.63, 3.8) is 0 Å². The minimum absolute atomic E-state index is 0.114. The minimum Gasteiger partial charge on any atom is -0.481 e. The second kappa shape index (κ2) is 5.53. The molecule has 0 aliphatic carbocycles. The Morgan fingerprint density at radius 3 is 2.31 bits per heavy atom. The molecule has 13 heavy (non-hydrogen) atoms. The van der Waals surface area contributed by atoms with Gasteiger partial charge in [-0.3, -0.25) is 9.59 Å². The monoisotopic (exact) mass is 189 g/mol. The summed E-state index contributed by atoms with van der Waals surface area (Å²) in [7, 11) is 1.46. The molecule has 0 aromatic rings. The molecule has 0 bridgehead atoms. The average molecular weight is 189 g/mol. The maximum Gasteiger partial charge on any atom is 0.312 e. The van der Waals surface area contributed by atoms with Gasteiger partial charge in [-0.05, 0) is 5.92 Å². The molecule has 0 aromatic carbocycles. The van der Waals surface area contributed by atoms with Crippen molar-refractivity contribution in [1.82, 2.24) is 5.32 Å². The molecule has 2 N–H and O–H groups in total. The smallest absolute Gasteiger partial charge is 0.312 e. The molecule has 5 heteroatoms. The molecule has 1 unspecified atom stereocenters. The van der Waals surface area contributed by atoms with Gasteiger partial charge < -0.3 is 15.2 Å². The molecule has 1 amide bonds. The van der Waals surface area contributed by atoms with Crippen LogP contribution in [0.2, 0.25) is 0 Å². The summed E-state index contributed by atoms with van der Waals surface area (Å²) >= 11 is 0. The van der Waals surface area contributed by atoms with Gasteiger partial charge >= 0.3 is 5.97 Å². The fourth-order valence-corrected chi connectivity index (χ4v) is 0.845. The fourth-order valence-electron chi connectivity index (χ4n) is 0.845. The molecule has 0 heterocycles. The molecule has 1 atom stereocenters. The SMILES string of the molecule is COC(NC(=O)CC(=O)O)C(C)C. The second-order valence-corrected chi connectivity index (χ2v) is 3.04. The van der Waals surface area contributed by atoms with E-state index in [2.05, 4.69) is 5.32 Å². The van der Waals surface area contributed by atoms with Crippen LogP contribution < -0.4 is 5.32 Å². The number of carboxylic acids is 1. The molecule has 0 rings (SSSR count). The molecule has 0 aromatic heterocycles. The zero-order valence-corrected chi connectivity index (χ0v) is 8.03. The first kappa shape index (κ1) is 11.9. The van der Waals surface area contributed by atoms with E-state index in [0.717, 1.165) is 0 Å². The van der Waals surface area contributed by atoms with Gasteiger partial charge in [0.25, 0.3) is 0 Å². The van der Waals surface area contributed by atoms with Crippen molar-refractivity contribution in [3.8, 4) is 0 Å². The topological polar surface area (TPSA) is 75.6 Å². The van der Waals surface area contributed by atoms with Gasteiger partial charge in [0.05, 0.1) is 0 Å². The van der Waals surface area contributed by atoms with E-state index in [0.29, 0.717) is 0 Å². The highest BCUT2D eigenvalue weighted by atomic mass is 16.5. The van der Waals surface area contributed by atoms with Crippen LogP contribution in [-0.2, 0) is 14.3 Å². The van der Waals surface area contributed by atoms with Crippen LogP contribution in [0.25, 0.3) is 0 Å². The summed E-state index contributed by atoms with van der Waals surface area (Å²) in [6.45, 7) is 3.74. The Morgan fingerprint density at radius 1 is 1.46 bits per heavy atom. The number of amides is 1. The summed E-state index contributed by atoms with van der Waals surface area (Å²) < 4.78 is 4.94. The van der Waals surface area contributed by atoms with Crippen LogP contribution in [-0.4, -0.2) is 30.3 Å². The first-order valence-electron chi connectivity index (χ1n) is 4.01. The van der Waals surface area contributed by atoms with Crippen LogP contribution in [0.5, 0.6) is 0 Å². The van der Waals surface area contributed by atoms with Gasteiger partial charge in [-0.1, -0.05) is 13.8 Å². The van der Waals surface area contributed by atoms with Gasteiger partial charge in [0.1, 0.15) is 12.6 Å². The molecular formula is C8H15NO4. The van der Waals surface area contributed by atoms with Gasteiger partial charge in [-0.2, -0.15) is 0 Å². The predicted molar refractivity (Wildman–Crippen MR) is 46.0 cm³/mol. The zero-order valence-electron chi connectivity index (χ0n) is 8.03. The quantitative estimate of drug-likeness (QED) is 0.478. The highest BCUT2D eigenvalue weighted by molar-refractivity contribution is 5.93. The highest BCUT2D eigenvalue weighted by Crippen LogP contribution is 2.01. The minimum atomic E-state index is -1.14. The number of hydrogen-bond donors (Lipinski definition) is 2. The van der Waals surface area contributed by atoms with Crippen molar-refractivity contribution in [2.45, 2.75) is 26.5 Å². The number of methoxy groups -OCH3 is 1. The van der Waals surface area contributed by atoms with Gasteiger partial charge in [-0.25, -0.2) is 0 Å². The molecule has 0 radical (unpaired) electrons. The van der Waals surface area contributed by atoms with Crippen molar-refractivity contribution >= 4 is 11.9 Å². The number of carbonyl (C=O) groups is 2. The molecule has 0 fully saturated rings. The lowest BCUT2D eigenvalue weighted by molar-refractivity contribution is -0.142. The molecule has 76 valence electrons. The summed E-state index contributed by atoms with van der Waals surface area (Å²) in [4.78, 5) is 21.1. The molecule has 0 saturated heterocycles. The van der Waals surface area contributed by atoms with Crippen LogP contribution in [0, 0.1) is 5.92 Å². The summed E-state index contributed by atoms with van der Waals surface area (Å²) in [5.74, 6) is -1.56. The van der Waals surface area contributed by atoms with E-state index in [1.807, 2.05) is 13.8 Å². The van der Waals surface area contributed by atoms with E-state index in [-0.39, 0.29) is 5.92 Å². The number of ether oxygens (including phenoxy) is 1. The molecule has 0 spiro atoms. The number of carbonyl (C=O) groups excluding carboxylic acids is 1. The van der Waals surface area contributed by atoms with Crippen LogP contribution in [0.4, 0.5) is 0 Å². The third kappa shape index (κ3) is 5.19. The first-order chi connectivity index (χ1) is 5.97. The van der Waals surface area contributed by atoms with Crippen molar-refractivity contribution in [3.05, 3.63) is 0 Å². The van der Waals surface area contributed by atoms with Crippen LogP contribution >= 0.6 is 0 Å². The van der Waals surface area contributed by atoms with Crippen molar-refractivity contribution in [2.24, 2.45) is 5.92 Å². The van der Waals surface area contributed by atoms with Crippen molar-refractivity contribution in [2.75, 3.05) is 7.11 Å². The van der Waals surface area contributed by atoms with Gasteiger partial charge in [0.15, 0.2) is 0 Å². The fraction of sp³-hybridized carbons (Fsp3) is 0.750. The number of nitrogens with one attached hydrogen (secondary N) is 1. The summed E-state index contributed by atoms with van der Waals surface area (Å²) in [5, 5.41) is 10.8. The van der Waals surface area contributed by atoms with Crippen LogP contribution in [0.3, 0.4) is 0 Å². The lowest BCUT2D eigenvalue weighted by Gasteiger charge is -2.19. The standard InChI is InChI=1S/C8H15NO4/c1-5(2)8(13-3)9-6(10)4-7(11)12/h5,8H,4H2,1-3H3,(H,9,10)(H,11,12).